The predicted molar refractivity (Wildman–Crippen MR) is 72.5 cm³/mol. The van der Waals surface area contributed by atoms with Gasteiger partial charge in [-0.05, 0) is 20.8 Å². The van der Waals surface area contributed by atoms with Crippen molar-refractivity contribution in [1.29, 1.82) is 0 Å². The first kappa shape index (κ1) is 16.3. The van der Waals surface area contributed by atoms with E-state index in [0.29, 0.717) is 5.69 Å². The minimum Gasteiger partial charge on any atom is -0.467 e. The number of ether oxygens (including phenoxy) is 2. The molecule has 1 rings (SSSR count). The number of alkyl carbamates (subject to hydrolysis) is 1. The molecular weight excluding hydrogens is 286 g/mol. The van der Waals surface area contributed by atoms with E-state index in [1.807, 2.05) is 0 Å². The van der Waals surface area contributed by atoms with E-state index in [4.69, 9.17) is 16.3 Å². The lowest BCUT2D eigenvalue weighted by molar-refractivity contribution is -0.143. The molecule has 0 spiro atoms. The number of halogens is 1. The van der Waals surface area contributed by atoms with Crippen LogP contribution in [-0.4, -0.2) is 40.8 Å². The Kier molecular flexibility index (Phi) is 5.38. The second-order valence-electron chi connectivity index (χ2n) is 5.10. The average molecular weight is 304 g/mol. The van der Waals surface area contributed by atoms with Gasteiger partial charge in [0.1, 0.15) is 16.8 Å². The van der Waals surface area contributed by atoms with Crippen molar-refractivity contribution >= 4 is 23.7 Å². The highest BCUT2D eigenvalue weighted by molar-refractivity contribution is 6.30. The van der Waals surface area contributed by atoms with Crippen LogP contribution in [0.5, 0.6) is 0 Å². The summed E-state index contributed by atoms with van der Waals surface area (Å²) in [6, 6.07) is -0.909. The molecule has 1 aromatic heterocycles. The van der Waals surface area contributed by atoms with Crippen LogP contribution in [0.1, 0.15) is 26.5 Å². The fraction of sp³-hybridized carbons (Fsp3) is 0.583. The van der Waals surface area contributed by atoms with Gasteiger partial charge in [-0.3, -0.25) is 0 Å². The molecule has 0 radical (unpaired) electrons. The summed E-state index contributed by atoms with van der Waals surface area (Å²) in [7, 11) is 1.24. The first-order valence-corrected chi connectivity index (χ1v) is 6.36. The number of nitrogens with one attached hydrogen (secondary N) is 2. The van der Waals surface area contributed by atoms with Crippen molar-refractivity contribution in [3.05, 3.63) is 17.2 Å². The van der Waals surface area contributed by atoms with Gasteiger partial charge in [0.25, 0.3) is 0 Å². The molecule has 2 N–H and O–H groups in total. The molecule has 0 bridgehead atoms. The van der Waals surface area contributed by atoms with Crippen molar-refractivity contribution in [1.82, 2.24) is 15.3 Å². The number of esters is 1. The molecule has 112 valence electrons. The zero-order valence-corrected chi connectivity index (χ0v) is 12.6. The van der Waals surface area contributed by atoms with Crippen LogP contribution in [-0.2, 0) is 20.7 Å². The maximum absolute atomic E-state index is 11.7. The molecule has 1 aromatic rings. The molecule has 0 aliphatic rings. The molecule has 0 aliphatic heterocycles. The van der Waals surface area contributed by atoms with Crippen molar-refractivity contribution in [2.24, 2.45) is 0 Å². The largest absolute Gasteiger partial charge is 0.467 e. The lowest BCUT2D eigenvalue weighted by atomic mass is 10.1. The highest BCUT2D eigenvalue weighted by Gasteiger charge is 2.26. The van der Waals surface area contributed by atoms with Crippen LogP contribution in [0.15, 0.2) is 6.33 Å². The van der Waals surface area contributed by atoms with E-state index in [9.17, 15) is 9.59 Å². The Morgan fingerprint density at radius 3 is 2.60 bits per heavy atom. The second-order valence-corrected chi connectivity index (χ2v) is 5.46. The normalized spacial score (nSPS) is 12.7. The molecule has 8 heteroatoms. The summed E-state index contributed by atoms with van der Waals surface area (Å²) in [5, 5.41) is 2.69. The van der Waals surface area contributed by atoms with Gasteiger partial charge in [-0.2, -0.15) is 0 Å². The lowest BCUT2D eigenvalue weighted by Gasteiger charge is -2.22. The Morgan fingerprint density at radius 1 is 1.50 bits per heavy atom. The number of rotatable bonds is 4. The van der Waals surface area contributed by atoms with Crippen LogP contribution in [0.3, 0.4) is 0 Å². The minimum absolute atomic E-state index is 0.130. The van der Waals surface area contributed by atoms with Gasteiger partial charge in [-0.1, -0.05) is 11.6 Å². The number of hydrogen-bond donors (Lipinski definition) is 2. The molecule has 0 fully saturated rings. The molecule has 0 aromatic carbocycles. The highest BCUT2D eigenvalue weighted by Crippen LogP contribution is 2.13. The zero-order chi connectivity index (χ0) is 15.3. The molecule has 0 unspecified atom stereocenters. The number of amides is 1. The molecule has 0 aliphatic carbocycles. The third-order valence-electron chi connectivity index (χ3n) is 2.25. The predicted octanol–water partition coefficient (Wildman–Crippen LogP) is 1.67. The summed E-state index contributed by atoms with van der Waals surface area (Å²) in [4.78, 5) is 30.0. The van der Waals surface area contributed by atoms with E-state index in [-0.39, 0.29) is 11.6 Å². The first-order chi connectivity index (χ1) is 9.23. The number of nitrogens with zero attached hydrogens (tertiary/aromatic N) is 1. The average Bonchev–Trinajstić information content (AvgIpc) is 2.70. The van der Waals surface area contributed by atoms with Crippen molar-refractivity contribution in [3.8, 4) is 0 Å². The molecule has 0 saturated heterocycles. The Bertz CT molecular complexity index is 481. The number of carbonyl (C=O) groups excluding carboxylic acids is 2. The van der Waals surface area contributed by atoms with Gasteiger partial charge in [0.05, 0.1) is 19.1 Å². The molecule has 0 saturated carbocycles. The Labute approximate surface area is 122 Å². The van der Waals surface area contributed by atoms with Crippen LogP contribution in [0.25, 0.3) is 0 Å². The summed E-state index contributed by atoms with van der Waals surface area (Å²) in [6.45, 7) is 5.18. The van der Waals surface area contributed by atoms with E-state index in [1.165, 1.54) is 13.4 Å². The second kappa shape index (κ2) is 6.60. The summed E-state index contributed by atoms with van der Waals surface area (Å²) < 4.78 is 9.74. The van der Waals surface area contributed by atoms with Crippen molar-refractivity contribution in [2.45, 2.75) is 38.8 Å². The monoisotopic (exact) mass is 303 g/mol. The lowest BCUT2D eigenvalue weighted by Crippen LogP contribution is -2.45. The summed E-state index contributed by atoms with van der Waals surface area (Å²) in [6.07, 6.45) is 0.827. The van der Waals surface area contributed by atoms with Gasteiger partial charge in [-0.25, -0.2) is 14.6 Å². The number of carbonyl (C=O) groups is 2. The first-order valence-electron chi connectivity index (χ1n) is 5.98. The van der Waals surface area contributed by atoms with Gasteiger partial charge in [0.2, 0.25) is 0 Å². The van der Waals surface area contributed by atoms with Crippen LogP contribution in [0.4, 0.5) is 4.79 Å². The quantitative estimate of drug-likeness (QED) is 0.825. The van der Waals surface area contributed by atoms with Crippen LogP contribution in [0.2, 0.25) is 5.15 Å². The fourth-order valence-corrected chi connectivity index (χ4v) is 1.62. The van der Waals surface area contributed by atoms with Crippen LogP contribution < -0.4 is 5.32 Å². The zero-order valence-electron chi connectivity index (χ0n) is 11.8. The van der Waals surface area contributed by atoms with Crippen molar-refractivity contribution < 1.29 is 19.1 Å². The Balaban J connectivity index is 2.73. The molecule has 1 amide bonds. The Hall–Kier alpha value is -1.76. The van der Waals surface area contributed by atoms with Gasteiger partial charge in [0, 0.05) is 6.42 Å². The number of aromatic amines is 1. The topological polar surface area (TPSA) is 93.3 Å². The smallest absolute Gasteiger partial charge is 0.408 e. The summed E-state index contributed by atoms with van der Waals surface area (Å²) >= 11 is 5.84. The van der Waals surface area contributed by atoms with E-state index in [1.54, 1.807) is 20.8 Å². The van der Waals surface area contributed by atoms with Crippen LogP contribution >= 0.6 is 11.6 Å². The van der Waals surface area contributed by atoms with Gasteiger partial charge in [-0.15, -0.1) is 0 Å². The fourth-order valence-electron chi connectivity index (χ4n) is 1.44. The standard InChI is InChI=1S/C12H18ClN3O4/c1-12(2,3)20-11(18)16-8(10(17)19-4)5-7-9(13)15-6-14-7/h6,8H,5H2,1-4H3,(H,14,15)(H,16,18)/t8-/m0/s1. The van der Waals surface area contributed by atoms with E-state index in [2.05, 4.69) is 20.0 Å². The number of H-pyrrole nitrogens is 1. The third kappa shape index (κ3) is 5.08. The van der Waals surface area contributed by atoms with Gasteiger partial charge in [0.15, 0.2) is 0 Å². The molecule has 1 heterocycles. The summed E-state index contributed by atoms with van der Waals surface area (Å²) in [5.74, 6) is -0.596. The molecule has 1 atom stereocenters. The van der Waals surface area contributed by atoms with E-state index >= 15 is 0 Å². The van der Waals surface area contributed by atoms with E-state index in [0.717, 1.165) is 0 Å². The van der Waals surface area contributed by atoms with Gasteiger partial charge >= 0.3 is 12.1 Å². The minimum atomic E-state index is -0.909. The third-order valence-corrected chi connectivity index (χ3v) is 2.58. The Morgan fingerprint density at radius 2 is 2.15 bits per heavy atom. The highest BCUT2D eigenvalue weighted by atomic mass is 35.5. The number of imidazole rings is 1. The molecular formula is C12H18ClN3O4. The number of methoxy groups -OCH3 is 1. The van der Waals surface area contributed by atoms with Gasteiger partial charge < -0.3 is 19.8 Å². The molecule has 20 heavy (non-hydrogen) atoms. The van der Waals surface area contributed by atoms with Crippen LogP contribution in [0, 0.1) is 0 Å². The SMILES string of the molecule is COC(=O)[C@H](Cc1[nH]cnc1Cl)NC(=O)OC(C)(C)C. The maximum atomic E-state index is 11.7. The molecule has 7 nitrogen and oxygen atoms in total. The van der Waals surface area contributed by atoms with Crippen molar-refractivity contribution in [3.63, 3.8) is 0 Å². The number of aromatic nitrogens is 2. The van der Waals surface area contributed by atoms with Crippen molar-refractivity contribution in [2.75, 3.05) is 7.11 Å². The summed E-state index contributed by atoms with van der Waals surface area (Å²) in [5.41, 5.74) is -0.130. The number of hydrogen-bond acceptors (Lipinski definition) is 5. The van der Waals surface area contributed by atoms with E-state index < -0.39 is 23.7 Å². The maximum Gasteiger partial charge on any atom is 0.408 e.